The molecule has 2 bridgehead atoms. The van der Waals surface area contributed by atoms with Gasteiger partial charge in [-0.1, -0.05) is 19.4 Å². The highest BCUT2D eigenvalue weighted by Gasteiger charge is 2.20. The molecule has 0 saturated carbocycles. The lowest BCUT2D eigenvalue weighted by molar-refractivity contribution is -0.119. The Morgan fingerprint density at radius 3 is 2.86 bits per heavy atom. The van der Waals surface area contributed by atoms with E-state index in [0.29, 0.717) is 11.4 Å². The van der Waals surface area contributed by atoms with Gasteiger partial charge in [-0.05, 0) is 42.7 Å². The molecule has 8 heteroatoms. The molecule has 5 N–H and O–H groups in total. The first-order valence-corrected chi connectivity index (χ1v) is 9.24. The molecule has 1 aromatic carbocycles. The number of fused-ring (bicyclic) bond motifs is 4. The van der Waals surface area contributed by atoms with Gasteiger partial charge in [0.25, 0.3) is 0 Å². The Bertz CT molecular complexity index is 871. The number of carbonyl (C=O) groups is 2. The SMILES string of the molecule is COC(=O)Nc1ccc2c(c1)NC(=O)[C@H](C)CCC[C@H](NN)c1cc-2ccn1. The molecule has 148 valence electrons. The van der Waals surface area contributed by atoms with Crippen LogP contribution in [0.15, 0.2) is 36.5 Å². The number of ether oxygens (including phenoxy) is 1. The largest absolute Gasteiger partial charge is 0.453 e. The molecular formula is C20H25N5O3. The number of amides is 2. The van der Waals surface area contributed by atoms with Gasteiger partial charge in [0.05, 0.1) is 24.5 Å². The number of nitrogens with zero attached hydrogens (tertiary/aromatic N) is 1. The summed E-state index contributed by atoms with van der Waals surface area (Å²) in [5.74, 6) is 5.52. The third kappa shape index (κ3) is 4.47. The van der Waals surface area contributed by atoms with E-state index in [1.807, 2.05) is 25.1 Å². The van der Waals surface area contributed by atoms with E-state index in [4.69, 9.17) is 5.84 Å². The Labute approximate surface area is 163 Å². The molecule has 0 saturated heterocycles. The van der Waals surface area contributed by atoms with Crippen molar-refractivity contribution in [3.05, 3.63) is 42.2 Å². The van der Waals surface area contributed by atoms with Crippen LogP contribution in [0.5, 0.6) is 0 Å². The third-order valence-corrected chi connectivity index (χ3v) is 4.94. The molecule has 2 heterocycles. The summed E-state index contributed by atoms with van der Waals surface area (Å²) in [5, 5.41) is 5.63. The van der Waals surface area contributed by atoms with E-state index in [9.17, 15) is 9.59 Å². The number of methoxy groups -OCH3 is 1. The highest BCUT2D eigenvalue weighted by molar-refractivity contribution is 5.98. The minimum Gasteiger partial charge on any atom is -0.453 e. The Hall–Kier alpha value is -2.97. The number of pyridine rings is 1. The number of hydrazine groups is 1. The molecule has 8 nitrogen and oxygen atoms in total. The van der Waals surface area contributed by atoms with Crippen LogP contribution < -0.4 is 21.9 Å². The second-order valence-electron chi connectivity index (χ2n) is 6.89. The standard InChI is InChI=1S/C20H25N5O3/c1-12-4-3-5-16(25-21)18-10-13(8-9-22-18)15-7-6-14(23-20(27)28-2)11-17(15)24-19(12)26/h6-12,16,25H,3-5,21H2,1-2H3,(H,23,27)(H,24,26)/t12-,16+/m1/s1. The molecule has 3 rings (SSSR count). The first kappa shape index (κ1) is 19.8. The van der Waals surface area contributed by atoms with Crippen LogP contribution in [-0.2, 0) is 9.53 Å². The molecule has 1 aliphatic heterocycles. The monoisotopic (exact) mass is 383 g/mol. The molecule has 1 aromatic heterocycles. The van der Waals surface area contributed by atoms with Gasteiger partial charge >= 0.3 is 6.09 Å². The van der Waals surface area contributed by atoms with Gasteiger partial charge in [-0.25, -0.2) is 4.79 Å². The molecule has 0 fully saturated rings. The second-order valence-corrected chi connectivity index (χ2v) is 6.89. The van der Waals surface area contributed by atoms with Gasteiger partial charge < -0.3 is 10.1 Å². The number of hydrogen-bond acceptors (Lipinski definition) is 6. The Morgan fingerprint density at radius 2 is 2.11 bits per heavy atom. The van der Waals surface area contributed by atoms with Crippen molar-refractivity contribution in [2.24, 2.45) is 11.8 Å². The topological polar surface area (TPSA) is 118 Å². The number of rotatable bonds is 2. The fourth-order valence-corrected chi connectivity index (χ4v) is 3.28. The van der Waals surface area contributed by atoms with Gasteiger partial charge in [0, 0.05) is 23.4 Å². The van der Waals surface area contributed by atoms with Crippen LogP contribution in [0.3, 0.4) is 0 Å². The van der Waals surface area contributed by atoms with Crippen molar-refractivity contribution in [2.75, 3.05) is 17.7 Å². The maximum absolute atomic E-state index is 12.7. The predicted octanol–water partition coefficient (Wildman–Crippen LogP) is 3.19. The zero-order valence-electron chi connectivity index (χ0n) is 16.0. The molecule has 2 amide bonds. The van der Waals surface area contributed by atoms with Crippen molar-refractivity contribution >= 4 is 23.4 Å². The van der Waals surface area contributed by atoms with Crippen LogP contribution in [-0.4, -0.2) is 24.1 Å². The van der Waals surface area contributed by atoms with Gasteiger partial charge in [0.15, 0.2) is 0 Å². The summed E-state index contributed by atoms with van der Waals surface area (Å²) >= 11 is 0. The maximum Gasteiger partial charge on any atom is 0.411 e. The first-order chi connectivity index (χ1) is 13.5. The molecule has 2 aromatic rings. The Morgan fingerprint density at radius 1 is 1.29 bits per heavy atom. The lowest BCUT2D eigenvalue weighted by Gasteiger charge is -2.21. The smallest absolute Gasteiger partial charge is 0.411 e. The van der Waals surface area contributed by atoms with Crippen LogP contribution in [0.1, 0.15) is 37.9 Å². The van der Waals surface area contributed by atoms with Crippen LogP contribution in [0.2, 0.25) is 0 Å². The highest BCUT2D eigenvalue weighted by Crippen LogP contribution is 2.33. The summed E-state index contributed by atoms with van der Waals surface area (Å²) < 4.78 is 4.64. The van der Waals surface area contributed by atoms with Crippen molar-refractivity contribution < 1.29 is 14.3 Å². The molecular weight excluding hydrogens is 358 g/mol. The van der Waals surface area contributed by atoms with Crippen molar-refractivity contribution in [1.82, 2.24) is 10.4 Å². The molecule has 1 aliphatic rings. The van der Waals surface area contributed by atoms with Gasteiger partial charge in [-0.15, -0.1) is 0 Å². The van der Waals surface area contributed by atoms with Crippen LogP contribution >= 0.6 is 0 Å². The summed E-state index contributed by atoms with van der Waals surface area (Å²) in [7, 11) is 1.30. The van der Waals surface area contributed by atoms with Gasteiger partial charge in [0.1, 0.15) is 0 Å². The molecule has 0 radical (unpaired) electrons. The van der Waals surface area contributed by atoms with Crippen molar-refractivity contribution in [3.8, 4) is 11.1 Å². The average molecular weight is 383 g/mol. The van der Waals surface area contributed by atoms with Crippen LogP contribution in [0.25, 0.3) is 11.1 Å². The first-order valence-electron chi connectivity index (χ1n) is 9.24. The minimum absolute atomic E-state index is 0.0661. The van der Waals surface area contributed by atoms with E-state index in [1.165, 1.54) is 7.11 Å². The van der Waals surface area contributed by atoms with Gasteiger partial charge in [0.2, 0.25) is 5.91 Å². The van der Waals surface area contributed by atoms with E-state index < -0.39 is 6.09 Å². The number of nitrogens with two attached hydrogens (primary N) is 1. The summed E-state index contributed by atoms with van der Waals surface area (Å²) in [4.78, 5) is 28.7. The van der Waals surface area contributed by atoms with E-state index in [-0.39, 0.29) is 17.9 Å². The van der Waals surface area contributed by atoms with Crippen molar-refractivity contribution in [3.63, 3.8) is 0 Å². The number of carbonyl (C=O) groups excluding carboxylic acids is 2. The van der Waals surface area contributed by atoms with E-state index in [1.54, 1.807) is 18.3 Å². The van der Waals surface area contributed by atoms with Gasteiger partial charge in [-0.3, -0.25) is 26.4 Å². The Balaban J connectivity index is 2.08. The zero-order valence-corrected chi connectivity index (χ0v) is 16.0. The lowest BCUT2D eigenvalue weighted by Crippen LogP contribution is -2.29. The lowest BCUT2D eigenvalue weighted by atomic mass is 9.95. The summed E-state index contributed by atoms with van der Waals surface area (Å²) in [6, 6.07) is 9.09. The highest BCUT2D eigenvalue weighted by atomic mass is 16.5. The van der Waals surface area contributed by atoms with Crippen molar-refractivity contribution in [1.29, 1.82) is 0 Å². The number of benzene rings is 1. The summed E-state index contributed by atoms with van der Waals surface area (Å²) in [5.41, 5.74) is 6.55. The molecule has 28 heavy (non-hydrogen) atoms. The number of anilines is 2. The molecule has 0 unspecified atom stereocenters. The summed E-state index contributed by atoms with van der Waals surface area (Å²) in [6.07, 6.45) is 3.52. The number of nitrogens with one attached hydrogen (secondary N) is 3. The Kier molecular flexibility index (Phi) is 6.23. The van der Waals surface area contributed by atoms with E-state index in [0.717, 1.165) is 36.1 Å². The summed E-state index contributed by atoms with van der Waals surface area (Å²) in [6.45, 7) is 1.90. The van der Waals surface area contributed by atoms with Crippen LogP contribution in [0, 0.1) is 5.92 Å². The number of hydrogen-bond donors (Lipinski definition) is 4. The fourth-order valence-electron chi connectivity index (χ4n) is 3.28. The molecule has 0 spiro atoms. The maximum atomic E-state index is 12.7. The molecule has 0 aliphatic carbocycles. The average Bonchev–Trinajstić information content (AvgIpc) is 2.70. The van der Waals surface area contributed by atoms with E-state index >= 15 is 0 Å². The second kappa shape index (κ2) is 8.81. The quantitative estimate of drug-likeness (QED) is 0.467. The molecule has 2 atom stereocenters. The minimum atomic E-state index is -0.573. The number of aromatic nitrogens is 1. The van der Waals surface area contributed by atoms with Gasteiger partial charge in [-0.2, -0.15) is 0 Å². The zero-order chi connectivity index (χ0) is 20.1. The van der Waals surface area contributed by atoms with Crippen molar-refractivity contribution in [2.45, 2.75) is 32.2 Å². The fraction of sp³-hybridized carbons (Fsp3) is 0.350. The van der Waals surface area contributed by atoms with E-state index in [2.05, 4.69) is 25.8 Å². The van der Waals surface area contributed by atoms with Crippen LogP contribution in [0.4, 0.5) is 16.2 Å². The third-order valence-electron chi connectivity index (χ3n) is 4.94. The predicted molar refractivity (Wildman–Crippen MR) is 107 cm³/mol. The normalized spacial score (nSPS) is 19.5.